The first-order valence-corrected chi connectivity index (χ1v) is 6.06. The Hall–Kier alpha value is -0.300. The maximum atomic E-state index is 9.87. The average molecular weight is 198 g/mol. The SMILES string of the molecule is C=C[C@@H](CCC)[C@H](O)CCCCCC. The molecule has 1 heteroatoms. The van der Waals surface area contributed by atoms with E-state index in [0.29, 0.717) is 5.92 Å². The van der Waals surface area contributed by atoms with Crippen molar-refractivity contribution in [1.29, 1.82) is 0 Å². The summed E-state index contributed by atoms with van der Waals surface area (Å²) in [6.07, 6.45) is 9.84. The first-order valence-electron chi connectivity index (χ1n) is 6.06. The van der Waals surface area contributed by atoms with Gasteiger partial charge in [-0.05, 0) is 12.8 Å². The van der Waals surface area contributed by atoms with Crippen molar-refractivity contribution in [3.63, 3.8) is 0 Å². The smallest absolute Gasteiger partial charge is 0.0602 e. The van der Waals surface area contributed by atoms with Crippen LogP contribution in [0.3, 0.4) is 0 Å². The van der Waals surface area contributed by atoms with Gasteiger partial charge in [-0.2, -0.15) is 0 Å². The fraction of sp³-hybridized carbons (Fsp3) is 0.846. The molecule has 1 N–H and O–H groups in total. The first-order chi connectivity index (χ1) is 6.76. The Balaban J connectivity index is 3.57. The minimum absolute atomic E-state index is 0.163. The molecule has 0 saturated carbocycles. The molecule has 0 aliphatic rings. The predicted octanol–water partition coefficient (Wildman–Crippen LogP) is 3.92. The van der Waals surface area contributed by atoms with Gasteiger partial charge in [0, 0.05) is 5.92 Å². The van der Waals surface area contributed by atoms with Crippen LogP contribution in [0.2, 0.25) is 0 Å². The minimum Gasteiger partial charge on any atom is -0.393 e. The summed E-state index contributed by atoms with van der Waals surface area (Å²) in [5.74, 6) is 0.307. The van der Waals surface area contributed by atoms with E-state index in [-0.39, 0.29) is 6.10 Å². The lowest BCUT2D eigenvalue weighted by Crippen LogP contribution is -2.18. The lowest BCUT2D eigenvalue weighted by atomic mass is 9.93. The summed E-state index contributed by atoms with van der Waals surface area (Å²) in [6, 6.07) is 0. The molecule has 14 heavy (non-hydrogen) atoms. The van der Waals surface area contributed by atoms with Gasteiger partial charge in [0.15, 0.2) is 0 Å². The van der Waals surface area contributed by atoms with Gasteiger partial charge in [0.1, 0.15) is 0 Å². The second-order valence-electron chi connectivity index (χ2n) is 4.10. The Morgan fingerprint density at radius 1 is 1.07 bits per heavy atom. The van der Waals surface area contributed by atoms with E-state index < -0.39 is 0 Å². The summed E-state index contributed by atoms with van der Waals surface area (Å²) in [5.41, 5.74) is 0. The molecule has 84 valence electrons. The normalized spacial score (nSPS) is 15.1. The highest BCUT2D eigenvalue weighted by atomic mass is 16.3. The summed E-state index contributed by atoms with van der Waals surface area (Å²) in [4.78, 5) is 0. The van der Waals surface area contributed by atoms with Crippen LogP contribution < -0.4 is 0 Å². The maximum absolute atomic E-state index is 9.87. The first kappa shape index (κ1) is 13.7. The third-order valence-electron chi connectivity index (χ3n) is 2.77. The molecule has 1 nitrogen and oxygen atoms in total. The summed E-state index contributed by atoms with van der Waals surface area (Å²) in [6.45, 7) is 8.15. The van der Waals surface area contributed by atoms with E-state index in [4.69, 9.17) is 0 Å². The van der Waals surface area contributed by atoms with Crippen LogP contribution in [-0.2, 0) is 0 Å². The molecule has 0 rings (SSSR count). The van der Waals surface area contributed by atoms with Crippen molar-refractivity contribution in [2.24, 2.45) is 5.92 Å². The predicted molar refractivity (Wildman–Crippen MR) is 63.4 cm³/mol. The molecule has 0 aromatic carbocycles. The molecule has 0 radical (unpaired) electrons. The van der Waals surface area contributed by atoms with E-state index in [2.05, 4.69) is 20.4 Å². The zero-order valence-corrected chi connectivity index (χ0v) is 9.84. The Morgan fingerprint density at radius 2 is 1.79 bits per heavy atom. The lowest BCUT2D eigenvalue weighted by molar-refractivity contribution is 0.113. The van der Waals surface area contributed by atoms with Crippen LogP contribution in [0.4, 0.5) is 0 Å². The van der Waals surface area contributed by atoms with Crippen molar-refractivity contribution in [2.75, 3.05) is 0 Å². The molecule has 0 bridgehead atoms. The fourth-order valence-electron chi connectivity index (χ4n) is 1.79. The molecule has 0 fully saturated rings. The van der Waals surface area contributed by atoms with Crippen LogP contribution in [0, 0.1) is 5.92 Å². The number of unbranched alkanes of at least 4 members (excludes halogenated alkanes) is 3. The van der Waals surface area contributed by atoms with Gasteiger partial charge in [-0.25, -0.2) is 0 Å². The lowest BCUT2D eigenvalue weighted by Gasteiger charge is -2.18. The zero-order chi connectivity index (χ0) is 10.8. The van der Waals surface area contributed by atoms with Crippen LogP contribution in [0.25, 0.3) is 0 Å². The van der Waals surface area contributed by atoms with Crippen LogP contribution >= 0.6 is 0 Å². The number of rotatable bonds is 9. The Bertz CT molecular complexity index is 131. The van der Waals surface area contributed by atoms with Crippen molar-refractivity contribution in [3.05, 3.63) is 12.7 Å². The monoisotopic (exact) mass is 198 g/mol. The van der Waals surface area contributed by atoms with Crippen LogP contribution in [0.15, 0.2) is 12.7 Å². The molecular weight excluding hydrogens is 172 g/mol. The fourth-order valence-corrected chi connectivity index (χ4v) is 1.79. The molecule has 2 atom stereocenters. The van der Waals surface area contributed by atoms with Gasteiger partial charge < -0.3 is 5.11 Å². The van der Waals surface area contributed by atoms with Crippen molar-refractivity contribution < 1.29 is 5.11 Å². The molecule has 0 saturated heterocycles. The van der Waals surface area contributed by atoms with Crippen LogP contribution in [-0.4, -0.2) is 11.2 Å². The van der Waals surface area contributed by atoms with Crippen molar-refractivity contribution in [1.82, 2.24) is 0 Å². The molecule has 0 unspecified atom stereocenters. The van der Waals surface area contributed by atoms with Crippen LogP contribution in [0.1, 0.15) is 58.8 Å². The van der Waals surface area contributed by atoms with Crippen molar-refractivity contribution in [2.45, 2.75) is 64.9 Å². The Kier molecular flexibility index (Phi) is 9.06. The van der Waals surface area contributed by atoms with Gasteiger partial charge >= 0.3 is 0 Å². The molecule has 0 aliphatic carbocycles. The number of aliphatic hydroxyl groups is 1. The van der Waals surface area contributed by atoms with Gasteiger partial charge in [0.25, 0.3) is 0 Å². The topological polar surface area (TPSA) is 20.2 Å². The van der Waals surface area contributed by atoms with Gasteiger partial charge in [0.2, 0.25) is 0 Å². The number of aliphatic hydroxyl groups excluding tert-OH is 1. The number of hydrogen-bond donors (Lipinski definition) is 1. The van der Waals surface area contributed by atoms with E-state index >= 15 is 0 Å². The second-order valence-corrected chi connectivity index (χ2v) is 4.10. The van der Waals surface area contributed by atoms with Gasteiger partial charge in [-0.3, -0.25) is 0 Å². The molecule has 0 aromatic rings. The van der Waals surface area contributed by atoms with Crippen molar-refractivity contribution in [3.8, 4) is 0 Å². The van der Waals surface area contributed by atoms with Crippen molar-refractivity contribution >= 4 is 0 Å². The molecule has 0 aliphatic heterocycles. The van der Waals surface area contributed by atoms with E-state index in [9.17, 15) is 5.11 Å². The summed E-state index contributed by atoms with van der Waals surface area (Å²) >= 11 is 0. The quantitative estimate of drug-likeness (QED) is 0.440. The number of hydrogen-bond acceptors (Lipinski definition) is 1. The van der Waals surface area contributed by atoms with Gasteiger partial charge in [0.05, 0.1) is 6.10 Å². The van der Waals surface area contributed by atoms with E-state index in [0.717, 1.165) is 25.7 Å². The molecule has 0 amide bonds. The minimum atomic E-state index is -0.163. The summed E-state index contributed by atoms with van der Waals surface area (Å²) < 4.78 is 0. The van der Waals surface area contributed by atoms with Gasteiger partial charge in [-0.1, -0.05) is 52.0 Å². The van der Waals surface area contributed by atoms with Crippen LogP contribution in [0.5, 0.6) is 0 Å². The Labute approximate surface area is 89.2 Å². The molecule has 0 aromatic heterocycles. The maximum Gasteiger partial charge on any atom is 0.0602 e. The second kappa shape index (κ2) is 9.26. The molecule has 0 heterocycles. The third kappa shape index (κ3) is 6.20. The highest BCUT2D eigenvalue weighted by molar-refractivity contribution is 4.84. The average Bonchev–Trinajstić information content (AvgIpc) is 2.20. The zero-order valence-electron chi connectivity index (χ0n) is 9.84. The highest BCUT2D eigenvalue weighted by Gasteiger charge is 2.13. The Morgan fingerprint density at radius 3 is 2.29 bits per heavy atom. The molecule has 0 spiro atoms. The van der Waals surface area contributed by atoms with E-state index in [1.807, 2.05) is 6.08 Å². The largest absolute Gasteiger partial charge is 0.393 e. The summed E-state index contributed by atoms with van der Waals surface area (Å²) in [5, 5.41) is 9.87. The molecular formula is C13H26O. The highest BCUT2D eigenvalue weighted by Crippen LogP contribution is 2.18. The van der Waals surface area contributed by atoms with E-state index in [1.165, 1.54) is 19.3 Å². The third-order valence-corrected chi connectivity index (χ3v) is 2.77. The summed E-state index contributed by atoms with van der Waals surface area (Å²) in [7, 11) is 0. The van der Waals surface area contributed by atoms with E-state index in [1.54, 1.807) is 0 Å². The van der Waals surface area contributed by atoms with Gasteiger partial charge in [-0.15, -0.1) is 6.58 Å². The standard InChI is InChI=1S/C13H26O/c1-4-7-8-9-11-13(14)12(6-3)10-5-2/h6,12-14H,3-5,7-11H2,1-2H3/t12-,13+/m0/s1.